The molecule has 2 fully saturated rings. The van der Waals surface area contributed by atoms with E-state index in [1.165, 1.54) is 0 Å². The number of rotatable bonds is 4. The molecule has 0 saturated carbocycles. The van der Waals surface area contributed by atoms with Gasteiger partial charge < -0.3 is 20.3 Å². The minimum absolute atomic E-state index is 0. The van der Waals surface area contributed by atoms with Crippen LogP contribution in [0.5, 0.6) is 0 Å². The summed E-state index contributed by atoms with van der Waals surface area (Å²) in [7, 11) is 0. The molecular formula is C19H28ClN3O3. The largest absolute Gasteiger partial charge is 0.378 e. The van der Waals surface area contributed by atoms with Crippen LogP contribution in [-0.4, -0.2) is 55.6 Å². The lowest BCUT2D eigenvalue weighted by Gasteiger charge is -2.30. The maximum absolute atomic E-state index is 12.5. The molecule has 6 nitrogen and oxygen atoms in total. The lowest BCUT2D eigenvalue weighted by Crippen LogP contribution is -2.43. The predicted molar refractivity (Wildman–Crippen MR) is 104 cm³/mol. The molecule has 144 valence electrons. The third kappa shape index (κ3) is 5.69. The van der Waals surface area contributed by atoms with Gasteiger partial charge >= 0.3 is 0 Å². The molecule has 2 heterocycles. The molecule has 2 aliphatic rings. The Morgan fingerprint density at radius 1 is 1.23 bits per heavy atom. The summed E-state index contributed by atoms with van der Waals surface area (Å²) in [5, 5.41) is 6.14. The van der Waals surface area contributed by atoms with Crippen LogP contribution in [0.25, 0.3) is 0 Å². The molecule has 1 aromatic carbocycles. The maximum atomic E-state index is 12.5. The van der Waals surface area contributed by atoms with Gasteiger partial charge in [0, 0.05) is 43.3 Å². The predicted octanol–water partition coefficient (Wildman–Crippen LogP) is 2.30. The molecule has 2 aliphatic heterocycles. The molecule has 1 atom stereocenters. The highest BCUT2D eigenvalue weighted by atomic mass is 35.5. The Hall–Kier alpha value is -1.63. The molecule has 3 rings (SSSR count). The standard InChI is InChI=1S/C19H27N3O3.ClH/c1-14-6-9-22(10-7-14)19(24)15-2-4-16(5-3-15)21-18(23)12-17-13-25-11-8-20-17;/h2-5,14,17,20H,6-13H2,1H3,(H,21,23);1H. The lowest BCUT2D eigenvalue weighted by atomic mass is 9.98. The van der Waals surface area contributed by atoms with Crippen LogP contribution < -0.4 is 10.6 Å². The molecule has 26 heavy (non-hydrogen) atoms. The Balaban J connectivity index is 0.00000243. The highest BCUT2D eigenvalue weighted by molar-refractivity contribution is 5.96. The van der Waals surface area contributed by atoms with Gasteiger partial charge in [0.15, 0.2) is 0 Å². The van der Waals surface area contributed by atoms with Gasteiger partial charge in [0.1, 0.15) is 0 Å². The van der Waals surface area contributed by atoms with Crippen molar-refractivity contribution in [2.45, 2.75) is 32.2 Å². The number of hydrogen-bond donors (Lipinski definition) is 2. The monoisotopic (exact) mass is 381 g/mol. The number of benzene rings is 1. The van der Waals surface area contributed by atoms with Crippen LogP contribution in [0.1, 0.15) is 36.5 Å². The van der Waals surface area contributed by atoms with Crippen LogP contribution in [0.3, 0.4) is 0 Å². The molecule has 2 amide bonds. The van der Waals surface area contributed by atoms with Crippen molar-refractivity contribution in [2.75, 3.05) is 38.2 Å². The van der Waals surface area contributed by atoms with E-state index in [1.54, 1.807) is 24.3 Å². The second-order valence-electron chi connectivity index (χ2n) is 7.03. The van der Waals surface area contributed by atoms with Gasteiger partial charge in [0.2, 0.25) is 5.91 Å². The fourth-order valence-electron chi connectivity index (χ4n) is 3.28. The number of nitrogens with zero attached hydrogens (tertiary/aromatic N) is 1. The number of anilines is 1. The normalized spacial score (nSPS) is 21.0. The van der Waals surface area contributed by atoms with Gasteiger partial charge in [-0.25, -0.2) is 0 Å². The zero-order chi connectivity index (χ0) is 17.6. The number of hydrogen-bond acceptors (Lipinski definition) is 4. The number of carbonyl (C=O) groups is 2. The van der Waals surface area contributed by atoms with Crippen LogP contribution in [0.2, 0.25) is 0 Å². The number of amides is 2. The van der Waals surface area contributed by atoms with Gasteiger partial charge in [0.25, 0.3) is 5.91 Å². The molecular weight excluding hydrogens is 354 g/mol. The summed E-state index contributed by atoms with van der Waals surface area (Å²) >= 11 is 0. The molecule has 7 heteroatoms. The number of likely N-dealkylation sites (tertiary alicyclic amines) is 1. The van der Waals surface area contributed by atoms with E-state index in [9.17, 15) is 9.59 Å². The van der Waals surface area contributed by atoms with Gasteiger partial charge in [0.05, 0.1) is 13.2 Å². The Labute approximate surface area is 161 Å². The minimum Gasteiger partial charge on any atom is -0.378 e. The maximum Gasteiger partial charge on any atom is 0.253 e. The van der Waals surface area contributed by atoms with E-state index in [-0.39, 0.29) is 30.3 Å². The first-order chi connectivity index (χ1) is 12.1. The van der Waals surface area contributed by atoms with Crippen LogP contribution in [-0.2, 0) is 9.53 Å². The van der Waals surface area contributed by atoms with Gasteiger partial charge in [-0.15, -0.1) is 12.4 Å². The Bertz CT molecular complexity index is 595. The second kappa shape index (κ2) is 9.90. The fourth-order valence-corrected chi connectivity index (χ4v) is 3.28. The second-order valence-corrected chi connectivity index (χ2v) is 7.03. The third-order valence-corrected chi connectivity index (χ3v) is 4.92. The van der Waals surface area contributed by atoms with E-state index in [4.69, 9.17) is 4.74 Å². The van der Waals surface area contributed by atoms with E-state index in [1.807, 2.05) is 4.90 Å². The van der Waals surface area contributed by atoms with Gasteiger partial charge in [-0.05, 0) is 43.0 Å². The van der Waals surface area contributed by atoms with Crippen molar-refractivity contribution in [2.24, 2.45) is 5.92 Å². The zero-order valence-corrected chi connectivity index (χ0v) is 16.0. The number of nitrogens with one attached hydrogen (secondary N) is 2. The van der Waals surface area contributed by atoms with Crippen molar-refractivity contribution in [1.82, 2.24) is 10.2 Å². The smallest absolute Gasteiger partial charge is 0.253 e. The minimum atomic E-state index is -0.0490. The molecule has 0 bridgehead atoms. The van der Waals surface area contributed by atoms with Gasteiger partial charge in [-0.3, -0.25) is 9.59 Å². The van der Waals surface area contributed by atoms with E-state index < -0.39 is 0 Å². The Morgan fingerprint density at radius 3 is 2.54 bits per heavy atom. The van der Waals surface area contributed by atoms with Crippen molar-refractivity contribution in [3.05, 3.63) is 29.8 Å². The first kappa shape index (κ1) is 20.7. The fraction of sp³-hybridized carbons (Fsp3) is 0.579. The molecule has 0 aliphatic carbocycles. The summed E-state index contributed by atoms with van der Waals surface area (Å²) in [5.74, 6) is 0.728. The highest BCUT2D eigenvalue weighted by Crippen LogP contribution is 2.19. The van der Waals surface area contributed by atoms with Crippen LogP contribution in [0.4, 0.5) is 5.69 Å². The average Bonchev–Trinajstić information content (AvgIpc) is 2.63. The van der Waals surface area contributed by atoms with E-state index in [0.717, 1.165) is 32.5 Å². The lowest BCUT2D eigenvalue weighted by molar-refractivity contribution is -0.117. The molecule has 1 aromatic rings. The van der Waals surface area contributed by atoms with Crippen LogP contribution in [0, 0.1) is 5.92 Å². The molecule has 1 unspecified atom stereocenters. The molecule has 0 spiro atoms. The first-order valence-electron chi connectivity index (χ1n) is 9.12. The van der Waals surface area contributed by atoms with Crippen molar-refractivity contribution >= 4 is 29.9 Å². The van der Waals surface area contributed by atoms with Crippen molar-refractivity contribution in [3.63, 3.8) is 0 Å². The Kier molecular flexibility index (Phi) is 7.87. The summed E-state index contributed by atoms with van der Waals surface area (Å²) < 4.78 is 5.35. The van der Waals surface area contributed by atoms with E-state index >= 15 is 0 Å². The molecule has 0 radical (unpaired) electrons. The first-order valence-corrected chi connectivity index (χ1v) is 9.12. The number of halogens is 1. The van der Waals surface area contributed by atoms with Crippen LogP contribution >= 0.6 is 12.4 Å². The number of ether oxygens (including phenoxy) is 1. The molecule has 2 N–H and O–H groups in total. The van der Waals surface area contributed by atoms with E-state index in [2.05, 4.69) is 17.6 Å². The highest BCUT2D eigenvalue weighted by Gasteiger charge is 2.21. The summed E-state index contributed by atoms with van der Waals surface area (Å²) in [5.41, 5.74) is 1.39. The average molecular weight is 382 g/mol. The van der Waals surface area contributed by atoms with Crippen molar-refractivity contribution in [3.8, 4) is 0 Å². The quantitative estimate of drug-likeness (QED) is 0.839. The summed E-state index contributed by atoms with van der Waals surface area (Å²) in [6.07, 6.45) is 2.52. The van der Waals surface area contributed by atoms with Gasteiger partial charge in [-0.2, -0.15) is 0 Å². The molecule has 2 saturated heterocycles. The SMILES string of the molecule is CC1CCN(C(=O)c2ccc(NC(=O)CC3COCCN3)cc2)CC1.Cl. The van der Waals surface area contributed by atoms with Crippen LogP contribution in [0.15, 0.2) is 24.3 Å². The zero-order valence-electron chi connectivity index (χ0n) is 15.2. The van der Waals surface area contributed by atoms with Crippen molar-refractivity contribution < 1.29 is 14.3 Å². The summed E-state index contributed by atoms with van der Waals surface area (Å²) in [6, 6.07) is 7.23. The van der Waals surface area contributed by atoms with Crippen molar-refractivity contribution in [1.29, 1.82) is 0 Å². The van der Waals surface area contributed by atoms with Gasteiger partial charge in [-0.1, -0.05) is 6.92 Å². The number of piperidine rings is 1. The number of carbonyl (C=O) groups excluding carboxylic acids is 2. The molecule has 0 aromatic heterocycles. The Morgan fingerprint density at radius 2 is 1.92 bits per heavy atom. The topological polar surface area (TPSA) is 70.7 Å². The van der Waals surface area contributed by atoms with E-state index in [0.29, 0.717) is 36.8 Å². The summed E-state index contributed by atoms with van der Waals surface area (Å²) in [4.78, 5) is 26.5. The third-order valence-electron chi connectivity index (χ3n) is 4.92. The summed E-state index contributed by atoms with van der Waals surface area (Å²) in [6.45, 7) is 5.93. The number of morpholine rings is 1.